The summed E-state index contributed by atoms with van der Waals surface area (Å²) >= 11 is 6.10. The Morgan fingerprint density at radius 3 is 2.51 bits per heavy atom. The number of piperidine rings is 1. The van der Waals surface area contributed by atoms with Crippen LogP contribution in [0.5, 0.6) is 0 Å². The second-order valence-corrected chi connectivity index (χ2v) is 11.6. The fourth-order valence-corrected chi connectivity index (χ4v) is 5.72. The Morgan fingerprint density at radius 1 is 1.07 bits per heavy atom. The van der Waals surface area contributed by atoms with Crippen LogP contribution in [0, 0.1) is 12.8 Å². The molecule has 0 aliphatic carbocycles. The summed E-state index contributed by atoms with van der Waals surface area (Å²) in [6, 6.07) is 11.2. The number of rotatable bonds is 9. The molecule has 0 aromatic heterocycles. The average molecular weight is 582 g/mol. The smallest absolute Gasteiger partial charge is 0.246 e. The molecule has 0 saturated carbocycles. The van der Waals surface area contributed by atoms with E-state index in [2.05, 4.69) is 17.6 Å². The van der Waals surface area contributed by atoms with Crippen LogP contribution >= 0.6 is 11.6 Å². The Hall–Kier alpha value is -3.43. The Labute approximate surface area is 246 Å². The zero-order chi connectivity index (χ0) is 29.5. The first-order valence-electron chi connectivity index (χ1n) is 14.4. The summed E-state index contributed by atoms with van der Waals surface area (Å²) in [6.45, 7) is 5.86. The lowest BCUT2D eigenvalue weighted by atomic mass is 9.92. The minimum atomic E-state index is -0.889. The highest BCUT2D eigenvalue weighted by Crippen LogP contribution is 2.25. The highest BCUT2D eigenvalue weighted by atomic mass is 35.5. The van der Waals surface area contributed by atoms with Crippen LogP contribution in [0.1, 0.15) is 55.7 Å². The number of likely N-dealkylation sites (tertiary alicyclic amines) is 1. The van der Waals surface area contributed by atoms with Crippen LogP contribution in [0.2, 0.25) is 5.02 Å². The van der Waals surface area contributed by atoms with E-state index in [1.54, 1.807) is 23.1 Å². The molecule has 0 spiro atoms. The van der Waals surface area contributed by atoms with E-state index in [0.29, 0.717) is 23.0 Å². The third-order valence-corrected chi connectivity index (χ3v) is 8.37. The van der Waals surface area contributed by atoms with Crippen LogP contribution < -0.4 is 16.4 Å². The fourth-order valence-electron chi connectivity index (χ4n) is 5.61. The molecule has 0 radical (unpaired) electrons. The predicted molar refractivity (Wildman–Crippen MR) is 159 cm³/mol. The molecule has 3 atom stereocenters. The van der Waals surface area contributed by atoms with E-state index in [4.69, 9.17) is 17.3 Å². The van der Waals surface area contributed by atoms with E-state index < -0.39 is 23.9 Å². The Morgan fingerprint density at radius 2 is 1.80 bits per heavy atom. The monoisotopic (exact) mass is 581 g/mol. The van der Waals surface area contributed by atoms with E-state index in [9.17, 15) is 19.2 Å². The number of hydrogen-bond donors (Lipinski definition) is 3. The van der Waals surface area contributed by atoms with E-state index in [1.807, 2.05) is 36.1 Å². The van der Waals surface area contributed by atoms with Crippen molar-refractivity contribution in [2.75, 3.05) is 25.0 Å². The summed E-state index contributed by atoms with van der Waals surface area (Å²) in [7, 11) is 0. The third kappa shape index (κ3) is 7.86. The van der Waals surface area contributed by atoms with Gasteiger partial charge in [0.15, 0.2) is 0 Å². The maximum Gasteiger partial charge on any atom is 0.246 e. The Bertz CT molecular complexity index is 1280. The molecule has 4 rings (SSSR count). The number of halogens is 1. The number of nitrogens with two attached hydrogens (primary N) is 1. The fraction of sp³-hybridized carbons (Fsp3) is 0.484. The average Bonchev–Trinajstić information content (AvgIpc) is 2.96. The van der Waals surface area contributed by atoms with E-state index >= 15 is 0 Å². The van der Waals surface area contributed by atoms with E-state index in [-0.39, 0.29) is 44.2 Å². The second kappa shape index (κ2) is 14.0. The van der Waals surface area contributed by atoms with Gasteiger partial charge in [0, 0.05) is 49.6 Å². The first-order chi connectivity index (χ1) is 19.7. The number of carbonyl (C=O) groups excluding carboxylic acids is 4. The summed E-state index contributed by atoms with van der Waals surface area (Å²) in [5.74, 6) is -0.654. The highest BCUT2D eigenvalue weighted by Gasteiger charge is 2.36. The van der Waals surface area contributed by atoms with Gasteiger partial charge in [0.05, 0.1) is 0 Å². The molecule has 1 fully saturated rings. The van der Waals surface area contributed by atoms with Gasteiger partial charge in [-0.05, 0) is 73.5 Å². The van der Waals surface area contributed by atoms with Crippen molar-refractivity contribution in [1.82, 2.24) is 15.1 Å². The number of aryl methyl sites for hydroxylation is 1. The molecule has 2 aliphatic rings. The molecule has 4 amide bonds. The van der Waals surface area contributed by atoms with Crippen molar-refractivity contribution in [2.45, 2.75) is 71.0 Å². The van der Waals surface area contributed by atoms with Gasteiger partial charge in [-0.2, -0.15) is 0 Å². The molecule has 2 heterocycles. The third-order valence-electron chi connectivity index (χ3n) is 7.95. The van der Waals surface area contributed by atoms with Crippen LogP contribution in [0.25, 0.3) is 0 Å². The quantitative estimate of drug-likeness (QED) is 0.418. The molecule has 0 bridgehead atoms. The maximum absolute atomic E-state index is 13.7. The molecule has 10 heteroatoms. The van der Waals surface area contributed by atoms with Crippen molar-refractivity contribution < 1.29 is 19.2 Å². The molecule has 220 valence electrons. The molecule has 1 saturated heterocycles. The molecule has 2 aromatic rings. The number of nitrogens with one attached hydrogen (secondary N) is 2. The highest BCUT2D eigenvalue weighted by molar-refractivity contribution is 6.31. The molecule has 41 heavy (non-hydrogen) atoms. The van der Waals surface area contributed by atoms with Gasteiger partial charge in [0.25, 0.3) is 0 Å². The first kappa shape index (κ1) is 30.5. The normalized spacial score (nSPS) is 19.2. The van der Waals surface area contributed by atoms with Crippen LogP contribution in [-0.2, 0) is 32.1 Å². The summed E-state index contributed by atoms with van der Waals surface area (Å²) in [4.78, 5) is 56.5. The van der Waals surface area contributed by atoms with Crippen molar-refractivity contribution in [1.29, 1.82) is 0 Å². The molecule has 2 aliphatic heterocycles. The van der Waals surface area contributed by atoms with Gasteiger partial charge in [-0.3, -0.25) is 19.2 Å². The van der Waals surface area contributed by atoms with Gasteiger partial charge in [-0.15, -0.1) is 0 Å². The lowest BCUT2D eigenvalue weighted by Gasteiger charge is -2.37. The Kier molecular flexibility index (Phi) is 10.4. The minimum Gasteiger partial charge on any atom is -0.342 e. The number of benzene rings is 2. The van der Waals surface area contributed by atoms with E-state index in [0.717, 1.165) is 42.6 Å². The van der Waals surface area contributed by atoms with Crippen LogP contribution in [0.3, 0.4) is 0 Å². The Balaban J connectivity index is 1.46. The van der Waals surface area contributed by atoms with E-state index in [1.165, 1.54) is 0 Å². The van der Waals surface area contributed by atoms with Crippen molar-refractivity contribution in [3.8, 4) is 0 Å². The van der Waals surface area contributed by atoms with Gasteiger partial charge in [-0.25, -0.2) is 0 Å². The lowest BCUT2D eigenvalue weighted by Crippen LogP contribution is -2.56. The second-order valence-electron chi connectivity index (χ2n) is 11.2. The molecular weight excluding hydrogens is 542 g/mol. The number of carbonyl (C=O) groups is 4. The zero-order valence-electron chi connectivity index (χ0n) is 23.8. The number of amides is 4. The molecule has 4 N–H and O–H groups in total. The predicted octanol–water partition coefficient (Wildman–Crippen LogP) is 3.41. The summed E-state index contributed by atoms with van der Waals surface area (Å²) in [5.41, 5.74) is 9.10. The van der Waals surface area contributed by atoms with Gasteiger partial charge in [0.2, 0.25) is 23.6 Å². The van der Waals surface area contributed by atoms with Crippen molar-refractivity contribution in [2.24, 2.45) is 11.7 Å². The summed E-state index contributed by atoms with van der Waals surface area (Å²) in [6.07, 6.45) is 2.76. The first-order valence-corrected chi connectivity index (χ1v) is 14.8. The van der Waals surface area contributed by atoms with Crippen LogP contribution in [-0.4, -0.2) is 65.1 Å². The van der Waals surface area contributed by atoms with Crippen molar-refractivity contribution in [3.05, 3.63) is 64.2 Å². The number of hydrogen-bond acceptors (Lipinski definition) is 5. The summed E-state index contributed by atoms with van der Waals surface area (Å²) < 4.78 is 0. The maximum atomic E-state index is 13.7. The lowest BCUT2D eigenvalue weighted by molar-refractivity contribution is -0.144. The van der Waals surface area contributed by atoms with Crippen molar-refractivity contribution in [3.63, 3.8) is 0 Å². The van der Waals surface area contributed by atoms with Crippen molar-refractivity contribution >= 4 is 40.9 Å². The largest absolute Gasteiger partial charge is 0.342 e. The van der Waals surface area contributed by atoms with Gasteiger partial charge in [-0.1, -0.05) is 42.8 Å². The molecule has 0 unspecified atom stereocenters. The standard InChI is InChI=1S/C31H40ClN5O4/c1-20-6-5-15-36(18-20)28(38)11-12-29(39)37-19-23-8-4-3-7-22(23)17-27(37)31(41)35-26(13-14-33)30(40)34-24-9-10-25(32)21(2)16-24/h3-4,7-10,16,20,26-27H,5-6,11-15,17-19,33H2,1-2H3,(H,34,40)(H,35,41)/t20-,26-,27-/m0/s1. The van der Waals surface area contributed by atoms with Gasteiger partial charge in [0.1, 0.15) is 12.1 Å². The van der Waals surface area contributed by atoms with Gasteiger partial charge >= 0.3 is 0 Å². The molecule has 2 aromatic carbocycles. The molecule has 9 nitrogen and oxygen atoms in total. The number of fused-ring (bicyclic) bond motifs is 1. The topological polar surface area (TPSA) is 125 Å². The molecular formula is C31H40ClN5O4. The SMILES string of the molecule is Cc1cc(NC(=O)[C@H](CCN)NC(=O)[C@@H]2Cc3ccccc3CN2C(=O)CCC(=O)N2CCC[C@H](C)C2)ccc1Cl. The zero-order valence-corrected chi connectivity index (χ0v) is 24.6. The summed E-state index contributed by atoms with van der Waals surface area (Å²) in [5, 5.41) is 6.26. The minimum absolute atomic E-state index is 0.0261. The number of anilines is 1. The van der Waals surface area contributed by atoms with Crippen LogP contribution in [0.4, 0.5) is 5.69 Å². The van der Waals surface area contributed by atoms with Crippen LogP contribution in [0.15, 0.2) is 42.5 Å². The van der Waals surface area contributed by atoms with Gasteiger partial charge < -0.3 is 26.2 Å². The number of nitrogens with zero attached hydrogens (tertiary/aromatic N) is 2.